The van der Waals surface area contributed by atoms with Crippen molar-refractivity contribution in [1.29, 1.82) is 0 Å². The summed E-state index contributed by atoms with van der Waals surface area (Å²) in [6.45, 7) is 8.98. The summed E-state index contributed by atoms with van der Waals surface area (Å²) in [6.07, 6.45) is 2.60. The highest BCUT2D eigenvalue weighted by Gasteiger charge is 2.30. The van der Waals surface area contributed by atoms with Crippen LogP contribution in [0.3, 0.4) is 0 Å². The van der Waals surface area contributed by atoms with Crippen molar-refractivity contribution in [2.45, 2.75) is 51.6 Å². The maximum absolute atomic E-state index is 3.68. The lowest BCUT2D eigenvalue weighted by molar-refractivity contribution is 0.242. The summed E-state index contributed by atoms with van der Waals surface area (Å²) in [5, 5.41) is 3.68. The molecule has 106 valence electrons. The Morgan fingerprint density at radius 1 is 1.26 bits per heavy atom. The lowest BCUT2D eigenvalue weighted by Gasteiger charge is -2.37. The van der Waals surface area contributed by atoms with Gasteiger partial charge >= 0.3 is 0 Å². The van der Waals surface area contributed by atoms with Crippen molar-refractivity contribution in [1.82, 2.24) is 10.2 Å². The van der Waals surface area contributed by atoms with E-state index in [0.717, 1.165) is 25.0 Å². The van der Waals surface area contributed by atoms with E-state index in [9.17, 15) is 0 Å². The molecule has 0 saturated heterocycles. The molecular weight excluding hydrogens is 232 g/mol. The summed E-state index contributed by atoms with van der Waals surface area (Å²) in [5.74, 6) is 0.779. The summed E-state index contributed by atoms with van der Waals surface area (Å²) in [7, 11) is 2.20. The van der Waals surface area contributed by atoms with E-state index in [1.807, 2.05) is 0 Å². The summed E-state index contributed by atoms with van der Waals surface area (Å²) >= 11 is 0. The summed E-state index contributed by atoms with van der Waals surface area (Å²) in [5.41, 5.74) is 3.00. The van der Waals surface area contributed by atoms with Crippen molar-refractivity contribution in [2.24, 2.45) is 0 Å². The molecule has 2 heteroatoms. The lowest BCUT2D eigenvalue weighted by Crippen LogP contribution is -2.44. The summed E-state index contributed by atoms with van der Waals surface area (Å²) < 4.78 is 0. The van der Waals surface area contributed by atoms with Crippen molar-refractivity contribution in [3.63, 3.8) is 0 Å². The first-order valence-corrected chi connectivity index (χ1v) is 7.57. The second-order valence-corrected chi connectivity index (χ2v) is 6.25. The van der Waals surface area contributed by atoms with Crippen LogP contribution in [0.25, 0.3) is 0 Å². The molecule has 19 heavy (non-hydrogen) atoms. The van der Waals surface area contributed by atoms with E-state index >= 15 is 0 Å². The standard InChI is InChI=1S/C17H28N2/c1-13(2)19(4)10-9-18-16-11-15(12-16)17-8-6-5-7-14(17)3/h5-8,13,15-16,18H,9-12H2,1-4H3. The first kappa shape index (κ1) is 14.5. The van der Waals surface area contributed by atoms with Crippen molar-refractivity contribution in [3.8, 4) is 0 Å². The molecular formula is C17H28N2. The first-order chi connectivity index (χ1) is 9.08. The number of rotatable bonds is 6. The molecule has 0 atom stereocenters. The predicted octanol–water partition coefficient (Wildman–Crippen LogP) is 3.17. The monoisotopic (exact) mass is 260 g/mol. The van der Waals surface area contributed by atoms with Crippen LogP contribution in [-0.2, 0) is 0 Å². The molecule has 0 amide bonds. The molecule has 0 aromatic heterocycles. The zero-order valence-electron chi connectivity index (χ0n) is 12.8. The molecule has 0 bridgehead atoms. The smallest absolute Gasteiger partial charge is 0.0107 e. The van der Waals surface area contributed by atoms with E-state index in [0.29, 0.717) is 6.04 Å². The number of hydrogen-bond donors (Lipinski definition) is 1. The minimum absolute atomic E-state index is 0.642. The fourth-order valence-corrected chi connectivity index (χ4v) is 2.79. The Labute approximate surface area is 118 Å². The molecule has 0 aliphatic heterocycles. The number of benzene rings is 1. The number of aryl methyl sites for hydroxylation is 1. The minimum Gasteiger partial charge on any atom is -0.313 e. The van der Waals surface area contributed by atoms with Gasteiger partial charge in [0.05, 0.1) is 0 Å². The molecule has 0 radical (unpaired) electrons. The third-order valence-electron chi connectivity index (χ3n) is 4.55. The molecule has 1 N–H and O–H groups in total. The van der Waals surface area contributed by atoms with Crippen LogP contribution in [0.4, 0.5) is 0 Å². The highest BCUT2D eigenvalue weighted by atomic mass is 15.1. The molecule has 0 heterocycles. The van der Waals surface area contributed by atoms with Gasteiger partial charge in [-0.3, -0.25) is 0 Å². The first-order valence-electron chi connectivity index (χ1n) is 7.57. The number of nitrogens with zero attached hydrogens (tertiary/aromatic N) is 1. The lowest BCUT2D eigenvalue weighted by atomic mass is 9.74. The zero-order valence-corrected chi connectivity index (χ0v) is 12.8. The Balaban J connectivity index is 1.68. The average Bonchev–Trinajstić information content (AvgIpc) is 2.33. The third-order valence-corrected chi connectivity index (χ3v) is 4.55. The van der Waals surface area contributed by atoms with E-state index in [1.54, 1.807) is 5.56 Å². The molecule has 0 unspecified atom stereocenters. The largest absolute Gasteiger partial charge is 0.313 e. The molecule has 1 aromatic carbocycles. The van der Waals surface area contributed by atoms with Gasteiger partial charge in [-0.15, -0.1) is 0 Å². The Bertz CT molecular complexity index is 394. The van der Waals surface area contributed by atoms with Crippen LogP contribution in [0.15, 0.2) is 24.3 Å². The highest BCUT2D eigenvalue weighted by Crippen LogP contribution is 2.38. The Hall–Kier alpha value is -0.860. The quantitative estimate of drug-likeness (QED) is 0.845. The zero-order chi connectivity index (χ0) is 13.8. The number of nitrogens with one attached hydrogen (secondary N) is 1. The van der Waals surface area contributed by atoms with Crippen molar-refractivity contribution in [3.05, 3.63) is 35.4 Å². The van der Waals surface area contributed by atoms with Crippen LogP contribution >= 0.6 is 0 Å². The van der Waals surface area contributed by atoms with Gasteiger partial charge in [0, 0.05) is 25.2 Å². The van der Waals surface area contributed by atoms with Gasteiger partial charge in [0.2, 0.25) is 0 Å². The van der Waals surface area contributed by atoms with Gasteiger partial charge in [-0.25, -0.2) is 0 Å². The number of hydrogen-bond acceptors (Lipinski definition) is 2. The van der Waals surface area contributed by atoms with E-state index in [4.69, 9.17) is 0 Å². The summed E-state index contributed by atoms with van der Waals surface area (Å²) in [4.78, 5) is 2.39. The Morgan fingerprint density at radius 2 is 1.95 bits per heavy atom. The predicted molar refractivity (Wildman–Crippen MR) is 82.7 cm³/mol. The van der Waals surface area contributed by atoms with Crippen LogP contribution < -0.4 is 5.32 Å². The van der Waals surface area contributed by atoms with Gasteiger partial charge < -0.3 is 10.2 Å². The van der Waals surface area contributed by atoms with Crippen molar-refractivity contribution < 1.29 is 0 Å². The van der Waals surface area contributed by atoms with Gasteiger partial charge in [-0.05, 0) is 57.7 Å². The molecule has 1 saturated carbocycles. The van der Waals surface area contributed by atoms with E-state index in [-0.39, 0.29) is 0 Å². The van der Waals surface area contributed by atoms with Crippen LogP contribution in [0.1, 0.15) is 43.7 Å². The van der Waals surface area contributed by atoms with E-state index < -0.39 is 0 Å². The highest BCUT2D eigenvalue weighted by molar-refractivity contribution is 5.31. The van der Waals surface area contributed by atoms with Crippen molar-refractivity contribution in [2.75, 3.05) is 20.1 Å². The maximum atomic E-state index is 3.68. The Morgan fingerprint density at radius 3 is 2.58 bits per heavy atom. The maximum Gasteiger partial charge on any atom is 0.0107 e. The molecule has 0 spiro atoms. The average molecular weight is 260 g/mol. The Kier molecular flexibility index (Phi) is 5.00. The second kappa shape index (κ2) is 6.53. The topological polar surface area (TPSA) is 15.3 Å². The van der Waals surface area contributed by atoms with Gasteiger partial charge in [0.25, 0.3) is 0 Å². The molecule has 1 aromatic rings. The van der Waals surface area contributed by atoms with Gasteiger partial charge in [-0.1, -0.05) is 24.3 Å². The van der Waals surface area contributed by atoms with Crippen LogP contribution in [0, 0.1) is 6.92 Å². The van der Waals surface area contributed by atoms with E-state index in [2.05, 4.69) is 62.3 Å². The van der Waals surface area contributed by atoms with E-state index in [1.165, 1.54) is 18.4 Å². The minimum atomic E-state index is 0.642. The molecule has 1 aliphatic rings. The van der Waals surface area contributed by atoms with Gasteiger partial charge in [0.15, 0.2) is 0 Å². The van der Waals surface area contributed by atoms with Crippen molar-refractivity contribution >= 4 is 0 Å². The van der Waals surface area contributed by atoms with Crippen LogP contribution in [0.2, 0.25) is 0 Å². The molecule has 2 nitrogen and oxygen atoms in total. The SMILES string of the molecule is Cc1ccccc1C1CC(NCCN(C)C(C)C)C1. The fraction of sp³-hybridized carbons (Fsp3) is 0.647. The van der Waals surface area contributed by atoms with Crippen LogP contribution in [0.5, 0.6) is 0 Å². The second-order valence-electron chi connectivity index (χ2n) is 6.25. The normalized spacial score (nSPS) is 22.8. The number of likely N-dealkylation sites (N-methyl/N-ethyl adjacent to an activating group) is 1. The van der Waals surface area contributed by atoms with Crippen LogP contribution in [-0.4, -0.2) is 37.1 Å². The molecule has 1 fully saturated rings. The fourth-order valence-electron chi connectivity index (χ4n) is 2.79. The molecule has 2 rings (SSSR count). The van der Waals surface area contributed by atoms with Gasteiger partial charge in [0.1, 0.15) is 0 Å². The van der Waals surface area contributed by atoms with Gasteiger partial charge in [-0.2, -0.15) is 0 Å². The summed E-state index contributed by atoms with van der Waals surface area (Å²) in [6, 6.07) is 10.2. The molecule has 1 aliphatic carbocycles. The third kappa shape index (κ3) is 3.80.